The zero-order chi connectivity index (χ0) is 14.5. The molecule has 1 aromatic heterocycles. The molecule has 1 aromatic rings. The summed E-state index contributed by atoms with van der Waals surface area (Å²) in [5, 5.41) is 2.69. The number of hydrogen-bond donors (Lipinski definition) is 1. The number of sulfone groups is 1. The van der Waals surface area contributed by atoms with Crippen LogP contribution in [0.5, 0.6) is 0 Å². The second-order valence-corrected chi connectivity index (χ2v) is 6.80. The molecule has 0 saturated heterocycles. The summed E-state index contributed by atoms with van der Waals surface area (Å²) in [5.41, 5.74) is 0.512. The van der Waals surface area contributed by atoms with Crippen LogP contribution >= 0.6 is 0 Å². The molecule has 0 spiro atoms. The Kier molecular flexibility index (Phi) is 5.29. The molecule has 0 aliphatic carbocycles. The molecule has 0 unspecified atom stereocenters. The Hall–Kier alpha value is -1.63. The van der Waals surface area contributed by atoms with Crippen LogP contribution in [0.25, 0.3) is 0 Å². The van der Waals surface area contributed by atoms with Gasteiger partial charge in [-0.3, -0.25) is 4.79 Å². The van der Waals surface area contributed by atoms with Crippen molar-refractivity contribution < 1.29 is 13.2 Å². The van der Waals surface area contributed by atoms with E-state index in [9.17, 15) is 13.2 Å². The maximum Gasteiger partial charge on any atom is 0.251 e. The molecule has 0 bridgehead atoms. The topological polar surface area (TPSA) is 79.4 Å². The molecule has 6 nitrogen and oxygen atoms in total. The summed E-state index contributed by atoms with van der Waals surface area (Å²) in [5.74, 6) is 0.551. The lowest BCUT2D eigenvalue weighted by atomic mass is 10.2. The van der Waals surface area contributed by atoms with E-state index in [1.807, 2.05) is 14.1 Å². The molecule has 19 heavy (non-hydrogen) atoms. The van der Waals surface area contributed by atoms with Crippen LogP contribution in [0.1, 0.15) is 16.8 Å². The minimum absolute atomic E-state index is 0.0760. The second kappa shape index (κ2) is 6.51. The van der Waals surface area contributed by atoms with Gasteiger partial charge in [0.1, 0.15) is 15.7 Å². The first kappa shape index (κ1) is 15.4. The third-order valence-electron chi connectivity index (χ3n) is 2.44. The second-order valence-electron chi connectivity index (χ2n) is 4.54. The molecule has 1 heterocycles. The van der Waals surface area contributed by atoms with E-state index >= 15 is 0 Å². The number of nitrogens with zero attached hydrogens (tertiary/aromatic N) is 2. The minimum atomic E-state index is -2.97. The average molecular weight is 285 g/mol. The number of anilines is 1. The van der Waals surface area contributed by atoms with Gasteiger partial charge in [-0.15, -0.1) is 0 Å². The largest absolute Gasteiger partial charge is 0.363 e. The van der Waals surface area contributed by atoms with Crippen molar-refractivity contribution in [3.63, 3.8) is 0 Å². The van der Waals surface area contributed by atoms with Gasteiger partial charge in [0.25, 0.3) is 5.91 Å². The van der Waals surface area contributed by atoms with Gasteiger partial charge in [0.15, 0.2) is 0 Å². The van der Waals surface area contributed by atoms with Crippen LogP contribution in [0, 0.1) is 0 Å². The molecular weight excluding hydrogens is 266 g/mol. The van der Waals surface area contributed by atoms with Crippen molar-refractivity contribution >= 4 is 21.6 Å². The van der Waals surface area contributed by atoms with Gasteiger partial charge in [-0.25, -0.2) is 13.4 Å². The van der Waals surface area contributed by atoms with Crippen molar-refractivity contribution in [1.29, 1.82) is 0 Å². The van der Waals surface area contributed by atoms with E-state index in [-0.39, 0.29) is 11.7 Å². The van der Waals surface area contributed by atoms with Crippen LogP contribution < -0.4 is 10.2 Å². The highest BCUT2D eigenvalue weighted by Crippen LogP contribution is 2.09. The Morgan fingerprint density at radius 2 is 2.11 bits per heavy atom. The third kappa shape index (κ3) is 5.69. The molecule has 1 rings (SSSR count). The van der Waals surface area contributed by atoms with Crippen LogP contribution in [0.2, 0.25) is 0 Å². The number of nitrogens with one attached hydrogen (secondary N) is 1. The molecule has 0 fully saturated rings. The van der Waals surface area contributed by atoms with Crippen LogP contribution in [0.4, 0.5) is 5.82 Å². The third-order valence-corrected chi connectivity index (χ3v) is 3.47. The molecule has 7 heteroatoms. The van der Waals surface area contributed by atoms with Gasteiger partial charge in [0.05, 0.1) is 5.75 Å². The van der Waals surface area contributed by atoms with Gasteiger partial charge in [0.2, 0.25) is 0 Å². The first-order valence-corrected chi connectivity index (χ1v) is 7.95. The number of aromatic nitrogens is 1. The zero-order valence-corrected chi connectivity index (χ0v) is 12.2. The lowest BCUT2D eigenvalue weighted by Gasteiger charge is -2.12. The number of amides is 1. The smallest absolute Gasteiger partial charge is 0.251 e. The van der Waals surface area contributed by atoms with Crippen LogP contribution in [0.3, 0.4) is 0 Å². The van der Waals surface area contributed by atoms with Crippen molar-refractivity contribution in [2.75, 3.05) is 37.5 Å². The highest BCUT2D eigenvalue weighted by molar-refractivity contribution is 7.90. The number of carbonyl (C=O) groups excluding carboxylic acids is 1. The fraction of sp³-hybridized carbons (Fsp3) is 0.500. The van der Waals surface area contributed by atoms with Crippen molar-refractivity contribution in [1.82, 2.24) is 10.3 Å². The van der Waals surface area contributed by atoms with Crippen LogP contribution in [-0.4, -0.2) is 52.0 Å². The summed E-state index contributed by atoms with van der Waals surface area (Å²) >= 11 is 0. The number of hydrogen-bond acceptors (Lipinski definition) is 5. The Morgan fingerprint density at radius 3 is 2.68 bits per heavy atom. The highest BCUT2D eigenvalue weighted by atomic mass is 32.2. The highest BCUT2D eigenvalue weighted by Gasteiger charge is 2.08. The summed E-state index contributed by atoms with van der Waals surface area (Å²) in [7, 11) is 0.714. The van der Waals surface area contributed by atoms with E-state index in [1.165, 1.54) is 6.26 Å². The number of rotatable bonds is 6. The van der Waals surface area contributed by atoms with Crippen LogP contribution in [-0.2, 0) is 9.84 Å². The number of carbonyl (C=O) groups is 1. The Bertz CT molecular complexity index is 541. The maximum absolute atomic E-state index is 11.8. The summed E-state index contributed by atoms with van der Waals surface area (Å²) < 4.78 is 21.9. The summed E-state index contributed by atoms with van der Waals surface area (Å²) in [4.78, 5) is 17.8. The fourth-order valence-corrected chi connectivity index (χ4v) is 2.11. The molecule has 0 aliphatic heterocycles. The minimum Gasteiger partial charge on any atom is -0.363 e. The van der Waals surface area contributed by atoms with E-state index in [0.29, 0.717) is 24.3 Å². The molecule has 1 N–H and O–H groups in total. The zero-order valence-electron chi connectivity index (χ0n) is 11.4. The van der Waals surface area contributed by atoms with Gasteiger partial charge in [-0.2, -0.15) is 0 Å². The molecule has 0 aliphatic rings. The van der Waals surface area contributed by atoms with Crippen molar-refractivity contribution in [3.8, 4) is 0 Å². The van der Waals surface area contributed by atoms with E-state index in [0.717, 1.165) is 0 Å². The number of pyridine rings is 1. The van der Waals surface area contributed by atoms with Gasteiger partial charge >= 0.3 is 0 Å². The normalized spacial score (nSPS) is 11.1. The molecule has 1 amide bonds. The molecule has 0 aromatic carbocycles. The van der Waals surface area contributed by atoms with E-state index in [4.69, 9.17) is 0 Å². The average Bonchev–Trinajstić information content (AvgIpc) is 2.33. The Balaban J connectivity index is 2.52. The summed E-state index contributed by atoms with van der Waals surface area (Å²) in [6.07, 6.45) is 3.16. The molecule has 0 atom stereocenters. The lowest BCUT2D eigenvalue weighted by molar-refractivity contribution is 0.0953. The van der Waals surface area contributed by atoms with E-state index in [2.05, 4.69) is 10.3 Å². The first-order chi connectivity index (χ1) is 8.79. The van der Waals surface area contributed by atoms with Gasteiger partial charge in [0, 0.05) is 38.7 Å². The molecule has 106 valence electrons. The monoisotopic (exact) mass is 285 g/mol. The lowest BCUT2D eigenvalue weighted by Crippen LogP contribution is -2.26. The van der Waals surface area contributed by atoms with Crippen LogP contribution in [0.15, 0.2) is 18.3 Å². The van der Waals surface area contributed by atoms with Gasteiger partial charge in [-0.1, -0.05) is 0 Å². The standard InChI is InChI=1S/C12H19N3O3S/c1-15(2)11-9-10(5-7-13-11)12(16)14-6-4-8-19(3,17)18/h5,7,9H,4,6,8H2,1-3H3,(H,14,16). The fourth-order valence-electron chi connectivity index (χ4n) is 1.44. The maximum atomic E-state index is 11.8. The molecule has 0 saturated carbocycles. The van der Waals surface area contributed by atoms with Crippen molar-refractivity contribution in [2.24, 2.45) is 0 Å². The predicted octanol–water partition coefficient (Wildman–Crippen LogP) is 0.312. The Morgan fingerprint density at radius 1 is 1.42 bits per heavy atom. The molecule has 0 radical (unpaired) electrons. The van der Waals surface area contributed by atoms with Gasteiger partial charge in [-0.05, 0) is 18.6 Å². The SMILES string of the molecule is CN(C)c1cc(C(=O)NCCCS(C)(=O)=O)ccn1. The summed E-state index contributed by atoms with van der Waals surface area (Å²) in [6.45, 7) is 0.339. The van der Waals surface area contributed by atoms with E-state index in [1.54, 1.807) is 23.2 Å². The quantitative estimate of drug-likeness (QED) is 0.761. The molecular formula is C12H19N3O3S. The first-order valence-electron chi connectivity index (χ1n) is 5.89. The van der Waals surface area contributed by atoms with Crippen molar-refractivity contribution in [2.45, 2.75) is 6.42 Å². The predicted molar refractivity (Wildman–Crippen MR) is 75.2 cm³/mol. The van der Waals surface area contributed by atoms with E-state index < -0.39 is 9.84 Å². The Labute approximate surface area is 113 Å². The van der Waals surface area contributed by atoms with Crippen molar-refractivity contribution in [3.05, 3.63) is 23.9 Å². The van der Waals surface area contributed by atoms with Gasteiger partial charge < -0.3 is 10.2 Å². The summed E-state index contributed by atoms with van der Waals surface area (Å²) in [6, 6.07) is 3.31.